The SMILES string of the molecule is CN(Cc1ccccc1O)C(=O)CC(O)c1ccccc1. The Kier molecular flexibility index (Phi) is 4.95. The second-order valence-electron chi connectivity index (χ2n) is 5.01. The standard InChI is InChI=1S/C17H19NO3/c1-18(12-14-9-5-6-10-15(14)19)17(21)11-16(20)13-7-3-2-4-8-13/h2-10,16,19-20H,11-12H2,1H3. The molecule has 0 aliphatic rings. The number of nitrogens with zero attached hydrogens (tertiary/aromatic N) is 1. The Morgan fingerprint density at radius 3 is 2.38 bits per heavy atom. The van der Waals surface area contributed by atoms with E-state index in [9.17, 15) is 15.0 Å². The van der Waals surface area contributed by atoms with Crippen LogP contribution in [0.1, 0.15) is 23.7 Å². The number of amides is 1. The molecule has 2 rings (SSSR count). The van der Waals surface area contributed by atoms with Crippen LogP contribution < -0.4 is 0 Å². The van der Waals surface area contributed by atoms with E-state index in [4.69, 9.17) is 0 Å². The molecule has 1 atom stereocenters. The number of phenolic OH excluding ortho intramolecular Hbond substituents is 1. The van der Waals surface area contributed by atoms with Crippen molar-refractivity contribution in [2.75, 3.05) is 7.05 Å². The topological polar surface area (TPSA) is 60.8 Å². The van der Waals surface area contributed by atoms with E-state index < -0.39 is 6.10 Å². The Morgan fingerprint density at radius 1 is 1.10 bits per heavy atom. The van der Waals surface area contributed by atoms with Crippen molar-refractivity contribution >= 4 is 5.91 Å². The number of rotatable bonds is 5. The molecule has 4 heteroatoms. The molecule has 0 fully saturated rings. The average molecular weight is 285 g/mol. The van der Waals surface area contributed by atoms with Crippen LogP contribution in [-0.2, 0) is 11.3 Å². The zero-order chi connectivity index (χ0) is 15.2. The first-order chi connectivity index (χ1) is 10.1. The van der Waals surface area contributed by atoms with Gasteiger partial charge in [-0.2, -0.15) is 0 Å². The second kappa shape index (κ2) is 6.90. The lowest BCUT2D eigenvalue weighted by atomic mass is 10.1. The van der Waals surface area contributed by atoms with Crippen molar-refractivity contribution in [3.8, 4) is 5.75 Å². The third-order valence-corrected chi connectivity index (χ3v) is 3.38. The largest absolute Gasteiger partial charge is 0.508 e. The number of hydrogen-bond acceptors (Lipinski definition) is 3. The molecule has 21 heavy (non-hydrogen) atoms. The van der Waals surface area contributed by atoms with Gasteiger partial charge in [0.15, 0.2) is 0 Å². The average Bonchev–Trinajstić information content (AvgIpc) is 2.50. The molecule has 0 aliphatic carbocycles. The Morgan fingerprint density at radius 2 is 1.71 bits per heavy atom. The van der Waals surface area contributed by atoms with Gasteiger partial charge in [0.25, 0.3) is 0 Å². The summed E-state index contributed by atoms with van der Waals surface area (Å²) in [6.45, 7) is 0.313. The fraction of sp³-hybridized carbons (Fsp3) is 0.235. The maximum absolute atomic E-state index is 12.1. The summed E-state index contributed by atoms with van der Waals surface area (Å²) in [6.07, 6.45) is -0.792. The van der Waals surface area contributed by atoms with E-state index >= 15 is 0 Å². The first-order valence-corrected chi connectivity index (χ1v) is 6.82. The lowest BCUT2D eigenvalue weighted by molar-refractivity contribution is -0.132. The molecule has 0 aromatic heterocycles. The smallest absolute Gasteiger partial charge is 0.225 e. The van der Waals surface area contributed by atoms with Crippen LogP contribution >= 0.6 is 0 Å². The summed E-state index contributed by atoms with van der Waals surface area (Å²) in [6, 6.07) is 16.0. The van der Waals surface area contributed by atoms with Crippen LogP contribution in [0.15, 0.2) is 54.6 Å². The van der Waals surface area contributed by atoms with E-state index in [-0.39, 0.29) is 18.1 Å². The van der Waals surface area contributed by atoms with Crippen LogP contribution in [-0.4, -0.2) is 28.1 Å². The first kappa shape index (κ1) is 15.1. The first-order valence-electron chi connectivity index (χ1n) is 6.82. The van der Waals surface area contributed by atoms with Crippen LogP contribution in [0.4, 0.5) is 0 Å². The molecule has 1 amide bonds. The molecule has 0 bridgehead atoms. The van der Waals surface area contributed by atoms with Crippen molar-refractivity contribution in [1.29, 1.82) is 0 Å². The fourth-order valence-corrected chi connectivity index (χ4v) is 2.10. The molecule has 0 spiro atoms. The van der Waals surface area contributed by atoms with Gasteiger partial charge >= 0.3 is 0 Å². The van der Waals surface area contributed by atoms with Crippen molar-refractivity contribution < 1.29 is 15.0 Å². The minimum absolute atomic E-state index is 0.0219. The predicted molar refractivity (Wildman–Crippen MR) is 80.6 cm³/mol. The van der Waals surface area contributed by atoms with Gasteiger partial charge in [0.1, 0.15) is 5.75 Å². The van der Waals surface area contributed by atoms with Crippen molar-refractivity contribution in [2.24, 2.45) is 0 Å². The molecular formula is C17H19NO3. The maximum atomic E-state index is 12.1. The van der Waals surface area contributed by atoms with Crippen molar-refractivity contribution in [3.05, 3.63) is 65.7 Å². The highest BCUT2D eigenvalue weighted by molar-refractivity contribution is 5.76. The van der Waals surface area contributed by atoms with Gasteiger partial charge in [0.05, 0.1) is 12.5 Å². The number of carbonyl (C=O) groups is 1. The Bertz CT molecular complexity index is 598. The third kappa shape index (κ3) is 4.07. The van der Waals surface area contributed by atoms with Crippen molar-refractivity contribution in [2.45, 2.75) is 19.1 Å². The van der Waals surface area contributed by atoms with Gasteiger partial charge in [0, 0.05) is 19.2 Å². The van der Waals surface area contributed by atoms with Crippen LogP contribution in [0, 0.1) is 0 Å². The summed E-state index contributed by atoms with van der Waals surface area (Å²) in [5.41, 5.74) is 1.41. The molecule has 2 aromatic carbocycles. The minimum Gasteiger partial charge on any atom is -0.508 e. The lowest BCUT2D eigenvalue weighted by Crippen LogP contribution is -2.27. The zero-order valence-electron chi connectivity index (χ0n) is 11.9. The van der Waals surface area contributed by atoms with E-state index in [1.807, 2.05) is 24.3 Å². The van der Waals surface area contributed by atoms with Gasteiger partial charge in [0.2, 0.25) is 5.91 Å². The van der Waals surface area contributed by atoms with Crippen LogP contribution in [0.2, 0.25) is 0 Å². The maximum Gasteiger partial charge on any atom is 0.225 e. The molecule has 0 radical (unpaired) electrons. The molecule has 0 saturated carbocycles. The Balaban J connectivity index is 1.95. The number of aliphatic hydroxyl groups is 1. The van der Waals surface area contributed by atoms with Gasteiger partial charge in [-0.05, 0) is 11.6 Å². The molecule has 0 saturated heterocycles. The zero-order valence-corrected chi connectivity index (χ0v) is 11.9. The normalized spacial score (nSPS) is 11.9. The number of benzene rings is 2. The number of para-hydroxylation sites is 1. The van der Waals surface area contributed by atoms with Crippen molar-refractivity contribution in [3.63, 3.8) is 0 Å². The summed E-state index contributed by atoms with van der Waals surface area (Å²) in [7, 11) is 1.66. The monoisotopic (exact) mass is 285 g/mol. The lowest BCUT2D eigenvalue weighted by Gasteiger charge is -2.20. The molecule has 1 unspecified atom stereocenters. The number of phenols is 1. The second-order valence-corrected chi connectivity index (χ2v) is 5.01. The van der Waals surface area contributed by atoms with Gasteiger partial charge in [-0.3, -0.25) is 4.79 Å². The van der Waals surface area contributed by atoms with Crippen LogP contribution in [0.25, 0.3) is 0 Å². The van der Waals surface area contributed by atoms with Gasteiger partial charge in [-0.15, -0.1) is 0 Å². The minimum atomic E-state index is -0.814. The Labute approximate surface area is 124 Å². The number of aromatic hydroxyl groups is 1. The van der Waals surface area contributed by atoms with Gasteiger partial charge < -0.3 is 15.1 Å². The van der Waals surface area contributed by atoms with E-state index in [1.165, 1.54) is 4.90 Å². The highest BCUT2D eigenvalue weighted by atomic mass is 16.3. The summed E-state index contributed by atoms with van der Waals surface area (Å²) in [5.74, 6) is -0.00429. The molecule has 2 N–H and O–H groups in total. The highest BCUT2D eigenvalue weighted by Crippen LogP contribution is 2.20. The quantitative estimate of drug-likeness (QED) is 0.887. The van der Waals surface area contributed by atoms with E-state index in [2.05, 4.69) is 0 Å². The van der Waals surface area contributed by atoms with Gasteiger partial charge in [-0.25, -0.2) is 0 Å². The molecule has 2 aromatic rings. The Hall–Kier alpha value is -2.33. The van der Waals surface area contributed by atoms with Crippen LogP contribution in [0.3, 0.4) is 0 Å². The van der Waals surface area contributed by atoms with E-state index in [0.717, 1.165) is 5.56 Å². The van der Waals surface area contributed by atoms with Crippen LogP contribution in [0.5, 0.6) is 5.75 Å². The number of aliphatic hydroxyl groups excluding tert-OH is 1. The summed E-state index contributed by atoms with van der Waals surface area (Å²) >= 11 is 0. The molecule has 110 valence electrons. The number of carbonyl (C=O) groups excluding carboxylic acids is 1. The number of hydrogen-bond donors (Lipinski definition) is 2. The summed E-state index contributed by atoms with van der Waals surface area (Å²) < 4.78 is 0. The van der Waals surface area contributed by atoms with E-state index in [0.29, 0.717) is 12.1 Å². The van der Waals surface area contributed by atoms with Gasteiger partial charge in [-0.1, -0.05) is 48.5 Å². The summed E-state index contributed by atoms with van der Waals surface area (Å²) in [5, 5.41) is 19.8. The molecule has 4 nitrogen and oxygen atoms in total. The van der Waals surface area contributed by atoms with E-state index in [1.54, 1.807) is 37.4 Å². The predicted octanol–water partition coefficient (Wildman–Crippen LogP) is 2.47. The van der Waals surface area contributed by atoms with Crippen molar-refractivity contribution in [1.82, 2.24) is 4.90 Å². The highest BCUT2D eigenvalue weighted by Gasteiger charge is 2.17. The fourth-order valence-electron chi connectivity index (χ4n) is 2.10. The third-order valence-electron chi connectivity index (χ3n) is 3.38. The molecule has 0 heterocycles. The molecule has 0 aliphatic heterocycles. The summed E-state index contributed by atoms with van der Waals surface area (Å²) in [4.78, 5) is 13.6. The molecular weight excluding hydrogens is 266 g/mol.